The minimum absolute atomic E-state index is 0.283. The van der Waals surface area contributed by atoms with E-state index in [0.29, 0.717) is 80.7 Å². The van der Waals surface area contributed by atoms with E-state index < -0.39 is 34.6 Å². The molecule has 0 aliphatic heterocycles. The normalized spacial score (nSPS) is 17.8. The van der Waals surface area contributed by atoms with Gasteiger partial charge in [-0.3, -0.25) is 19.2 Å². The molecule has 0 bridgehead atoms. The van der Waals surface area contributed by atoms with Crippen molar-refractivity contribution in [2.75, 3.05) is 10.6 Å². The number of ether oxygens (including phenoxy) is 1. The molecule has 4 N–H and O–H groups in total. The third-order valence-corrected chi connectivity index (χ3v) is 8.40. The van der Waals surface area contributed by atoms with Gasteiger partial charge in [0.2, 0.25) is 11.8 Å². The molecule has 0 atom stereocenters. The summed E-state index contributed by atoms with van der Waals surface area (Å²) in [5.41, 5.74) is -0.880. The van der Waals surface area contributed by atoms with E-state index >= 15 is 0 Å². The predicted molar refractivity (Wildman–Crippen MR) is 155 cm³/mol. The maximum absolute atomic E-state index is 13.2. The van der Waals surface area contributed by atoms with E-state index in [-0.39, 0.29) is 5.92 Å². The number of amides is 2. The highest BCUT2D eigenvalue weighted by atomic mass is 16.5. The van der Waals surface area contributed by atoms with E-state index in [1.54, 1.807) is 36.4 Å². The molecular weight excluding hydrogens is 524 g/mol. The summed E-state index contributed by atoms with van der Waals surface area (Å²) in [4.78, 5) is 50.2. The molecule has 2 fully saturated rings. The van der Waals surface area contributed by atoms with Gasteiger partial charge in [0, 0.05) is 11.4 Å². The van der Waals surface area contributed by atoms with Crippen LogP contribution in [0.4, 0.5) is 11.4 Å². The lowest BCUT2D eigenvalue weighted by Crippen LogP contribution is -2.44. The van der Waals surface area contributed by atoms with Gasteiger partial charge in [-0.15, -0.1) is 0 Å². The monoisotopic (exact) mass is 564 g/mol. The van der Waals surface area contributed by atoms with Crippen LogP contribution in [0.1, 0.15) is 83.6 Å². The first-order valence-electron chi connectivity index (χ1n) is 14.6. The standard InChI is InChI=1S/C32H40N2O7/c1-21(2)19-22-20-25(13-14-26(22)34-28(36)32(30(39)40)17-7-4-8-18-32)41-24-11-9-23(10-12-24)33-27(35)31(29(37)38)15-5-3-6-16-31/h9-14,20-21H,3-8,15-19H2,1-2H3,(H,33,35)(H,34,36)(H,37,38)(H,39,40). The Morgan fingerprint density at radius 3 is 1.71 bits per heavy atom. The Morgan fingerprint density at radius 2 is 1.22 bits per heavy atom. The molecule has 0 aromatic heterocycles. The number of hydrogen-bond acceptors (Lipinski definition) is 5. The minimum Gasteiger partial charge on any atom is -0.480 e. The first-order valence-corrected chi connectivity index (χ1v) is 14.6. The van der Waals surface area contributed by atoms with Gasteiger partial charge in [0.25, 0.3) is 0 Å². The number of carbonyl (C=O) groups is 4. The average molecular weight is 565 g/mol. The quantitative estimate of drug-likeness (QED) is 0.237. The fourth-order valence-corrected chi connectivity index (χ4v) is 5.99. The van der Waals surface area contributed by atoms with E-state index in [1.807, 2.05) is 6.07 Å². The molecule has 0 radical (unpaired) electrons. The van der Waals surface area contributed by atoms with Crippen LogP contribution in [0.3, 0.4) is 0 Å². The Bertz CT molecular complexity index is 1270. The van der Waals surface area contributed by atoms with Crippen LogP contribution in [-0.2, 0) is 25.6 Å². The molecule has 41 heavy (non-hydrogen) atoms. The van der Waals surface area contributed by atoms with Crippen LogP contribution in [0.5, 0.6) is 11.5 Å². The van der Waals surface area contributed by atoms with Crippen LogP contribution < -0.4 is 15.4 Å². The van der Waals surface area contributed by atoms with Crippen LogP contribution in [-0.4, -0.2) is 34.0 Å². The zero-order chi connectivity index (χ0) is 29.6. The van der Waals surface area contributed by atoms with Crippen molar-refractivity contribution in [3.8, 4) is 11.5 Å². The number of nitrogens with one attached hydrogen (secondary N) is 2. The molecule has 9 heteroatoms. The zero-order valence-corrected chi connectivity index (χ0v) is 23.8. The number of benzene rings is 2. The van der Waals surface area contributed by atoms with Crippen molar-refractivity contribution in [1.82, 2.24) is 0 Å². The lowest BCUT2D eigenvalue weighted by molar-refractivity contribution is -0.157. The summed E-state index contributed by atoms with van der Waals surface area (Å²) in [5.74, 6) is -1.77. The summed E-state index contributed by atoms with van der Waals surface area (Å²) < 4.78 is 6.06. The Morgan fingerprint density at radius 1 is 0.732 bits per heavy atom. The second-order valence-electron chi connectivity index (χ2n) is 11.8. The molecule has 220 valence electrons. The van der Waals surface area contributed by atoms with Gasteiger partial charge in [-0.2, -0.15) is 0 Å². The van der Waals surface area contributed by atoms with E-state index in [1.165, 1.54) is 0 Å². The van der Waals surface area contributed by atoms with Crippen molar-refractivity contribution in [2.24, 2.45) is 16.7 Å². The van der Waals surface area contributed by atoms with E-state index in [0.717, 1.165) is 18.4 Å². The molecule has 2 aliphatic rings. The zero-order valence-electron chi connectivity index (χ0n) is 23.8. The number of anilines is 2. The highest BCUT2D eigenvalue weighted by Gasteiger charge is 2.47. The molecular formula is C32H40N2O7. The molecule has 0 unspecified atom stereocenters. The van der Waals surface area contributed by atoms with Crippen LogP contribution in [0.2, 0.25) is 0 Å². The number of aliphatic carboxylic acids is 2. The topological polar surface area (TPSA) is 142 Å². The van der Waals surface area contributed by atoms with Crippen molar-refractivity contribution < 1.29 is 34.1 Å². The molecule has 2 aliphatic carbocycles. The highest BCUT2D eigenvalue weighted by molar-refractivity contribution is 6.09. The summed E-state index contributed by atoms with van der Waals surface area (Å²) in [7, 11) is 0. The van der Waals surface area contributed by atoms with E-state index in [4.69, 9.17) is 4.74 Å². The number of hydrogen-bond donors (Lipinski definition) is 4. The Balaban J connectivity index is 1.47. The smallest absolute Gasteiger partial charge is 0.319 e. The second kappa shape index (κ2) is 12.7. The van der Waals surface area contributed by atoms with Crippen molar-refractivity contribution in [3.05, 3.63) is 48.0 Å². The Labute approximate surface area is 240 Å². The third-order valence-electron chi connectivity index (χ3n) is 8.40. The van der Waals surface area contributed by atoms with Gasteiger partial charge >= 0.3 is 11.9 Å². The van der Waals surface area contributed by atoms with Crippen molar-refractivity contribution in [1.29, 1.82) is 0 Å². The predicted octanol–water partition coefficient (Wildman–Crippen LogP) is 6.62. The van der Waals surface area contributed by atoms with Crippen molar-refractivity contribution in [3.63, 3.8) is 0 Å². The first-order chi connectivity index (χ1) is 19.6. The van der Waals surface area contributed by atoms with E-state index in [2.05, 4.69) is 24.5 Å². The van der Waals surface area contributed by atoms with Crippen LogP contribution in [0.25, 0.3) is 0 Å². The SMILES string of the molecule is CC(C)Cc1cc(Oc2ccc(NC(=O)C3(C(=O)O)CCCCC3)cc2)ccc1NC(=O)C1(C(=O)O)CCCCC1. The lowest BCUT2D eigenvalue weighted by Gasteiger charge is -2.32. The summed E-state index contributed by atoms with van der Waals surface area (Å²) in [5, 5.41) is 25.3. The summed E-state index contributed by atoms with van der Waals surface area (Å²) in [6.07, 6.45) is 6.73. The average Bonchev–Trinajstić information content (AvgIpc) is 2.95. The molecule has 2 aromatic rings. The van der Waals surface area contributed by atoms with Crippen LogP contribution in [0, 0.1) is 16.7 Å². The number of carbonyl (C=O) groups excluding carboxylic acids is 2. The summed E-state index contributed by atoms with van der Waals surface area (Å²) >= 11 is 0. The second-order valence-corrected chi connectivity index (χ2v) is 11.8. The molecule has 0 heterocycles. The molecule has 4 rings (SSSR count). The fraction of sp³-hybridized carbons (Fsp3) is 0.500. The van der Waals surface area contributed by atoms with Crippen LogP contribution >= 0.6 is 0 Å². The Hall–Kier alpha value is -3.88. The molecule has 2 aromatic carbocycles. The number of rotatable bonds is 10. The molecule has 0 saturated heterocycles. The molecule has 9 nitrogen and oxygen atoms in total. The van der Waals surface area contributed by atoms with Gasteiger partial charge in [-0.1, -0.05) is 52.4 Å². The van der Waals surface area contributed by atoms with E-state index in [9.17, 15) is 29.4 Å². The van der Waals surface area contributed by atoms with Gasteiger partial charge in [0.1, 0.15) is 22.3 Å². The van der Waals surface area contributed by atoms with Crippen molar-refractivity contribution >= 4 is 35.1 Å². The number of carboxylic acid groups (broad SMARTS) is 2. The maximum Gasteiger partial charge on any atom is 0.319 e. The minimum atomic E-state index is -1.40. The highest BCUT2D eigenvalue weighted by Crippen LogP contribution is 2.40. The van der Waals surface area contributed by atoms with Gasteiger partial charge in [-0.25, -0.2) is 0 Å². The molecule has 2 saturated carbocycles. The summed E-state index contributed by atoms with van der Waals surface area (Å²) in [6.45, 7) is 4.13. The number of carboxylic acids is 2. The maximum atomic E-state index is 13.2. The largest absolute Gasteiger partial charge is 0.480 e. The fourth-order valence-electron chi connectivity index (χ4n) is 5.99. The first kappa shape index (κ1) is 30.1. The Kier molecular flexibility index (Phi) is 9.35. The van der Waals surface area contributed by atoms with Crippen molar-refractivity contribution in [2.45, 2.75) is 84.5 Å². The molecule has 2 amide bonds. The van der Waals surface area contributed by atoms with Gasteiger partial charge in [0.05, 0.1) is 0 Å². The molecule has 0 spiro atoms. The summed E-state index contributed by atoms with van der Waals surface area (Å²) in [6, 6.07) is 12.0. The van der Waals surface area contributed by atoms with Gasteiger partial charge in [0.15, 0.2) is 0 Å². The van der Waals surface area contributed by atoms with Gasteiger partial charge in [-0.05, 0) is 86.1 Å². The lowest BCUT2D eigenvalue weighted by atomic mass is 9.73. The third kappa shape index (κ3) is 6.72. The van der Waals surface area contributed by atoms with Crippen LogP contribution in [0.15, 0.2) is 42.5 Å². The van der Waals surface area contributed by atoms with Gasteiger partial charge < -0.3 is 25.6 Å².